The van der Waals surface area contributed by atoms with Crippen LogP contribution in [0.4, 0.5) is 5.82 Å². The fourth-order valence-electron chi connectivity index (χ4n) is 3.39. The fraction of sp³-hybridized carbons (Fsp3) is 0.389. The summed E-state index contributed by atoms with van der Waals surface area (Å²) in [6, 6.07) is 10.3. The lowest BCUT2D eigenvalue weighted by Crippen LogP contribution is -2.30. The van der Waals surface area contributed by atoms with Crippen molar-refractivity contribution in [1.29, 1.82) is 0 Å². The molecule has 0 amide bonds. The zero-order valence-electron chi connectivity index (χ0n) is 13.5. The van der Waals surface area contributed by atoms with Crippen LogP contribution in [0.1, 0.15) is 18.4 Å². The van der Waals surface area contributed by atoms with Crippen molar-refractivity contribution < 1.29 is 4.74 Å². The van der Waals surface area contributed by atoms with Gasteiger partial charge < -0.3 is 15.0 Å². The average Bonchev–Trinajstić information content (AvgIpc) is 2.98. The molecule has 0 saturated heterocycles. The summed E-state index contributed by atoms with van der Waals surface area (Å²) in [6.45, 7) is 2.47. The van der Waals surface area contributed by atoms with Gasteiger partial charge in [0.2, 0.25) is 0 Å². The van der Waals surface area contributed by atoms with Crippen molar-refractivity contribution in [2.45, 2.75) is 26.0 Å². The molecule has 6 nitrogen and oxygen atoms in total. The van der Waals surface area contributed by atoms with Crippen LogP contribution in [0.15, 0.2) is 43.0 Å². The third-order valence-electron chi connectivity index (χ3n) is 4.68. The van der Waals surface area contributed by atoms with Crippen LogP contribution in [-0.2, 0) is 17.9 Å². The first-order valence-corrected chi connectivity index (χ1v) is 8.32. The maximum Gasteiger partial charge on any atom is 0.165 e. The molecule has 3 aromatic rings. The lowest BCUT2D eigenvalue weighted by atomic mass is 9.75. The van der Waals surface area contributed by atoms with Gasteiger partial charge in [0.25, 0.3) is 0 Å². The molecule has 0 spiro atoms. The highest BCUT2D eigenvalue weighted by Crippen LogP contribution is 2.35. The van der Waals surface area contributed by atoms with Gasteiger partial charge in [-0.15, -0.1) is 0 Å². The minimum Gasteiger partial charge on any atom is -0.382 e. The largest absolute Gasteiger partial charge is 0.382 e. The van der Waals surface area contributed by atoms with Gasteiger partial charge in [-0.05, 0) is 30.2 Å². The number of aromatic nitrogens is 4. The summed E-state index contributed by atoms with van der Waals surface area (Å²) in [5.74, 6) is 1.76. The summed E-state index contributed by atoms with van der Waals surface area (Å²) in [5.41, 5.74) is 8.58. The van der Waals surface area contributed by atoms with Crippen LogP contribution in [0.25, 0.3) is 11.2 Å². The number of nitrogens with zero attached hydrogens (tertiary/aromatic N) is 4. The summed E-state index contributed by atoms with van der Waals surface area (Å²) < 4.78 is 7.92. The maximum absolute atomic E-state index is 5.84. The van der Waals surface area contributed by atoms with Gasteiger partial charge in [-0.2, -0.15) is 0 Å². The van der Waals surface area contributed by atoms with Gasteiger partial charge in [0.05, 0.1) is 12.9 Å². The van der Waals surface area contributed by atoms with Crippen molar-refractivity contribution in [1.82, 2.24) is 19.5 Å². The quantitative estimate of drug-likeness (QED) is 0.754. The standard InChI is InChI=1S/C18H21N5O/c19-17-16-18(21-11-20-17)23(12-22-16)8-14-6-15(7-14)10-24-9-13-4-2-1-3-5-13/h1-5,11-12,14-15H,6-10H2,(H2,19,20,21). The second-order valence-electron chi connectivity index (χ2n) is 6.53. The second-order valence-corrected chi connectivity index (χ2v) is 6.53. The van der Waals surface area contributed by atoms with Crippen molar-refractivity contribution in [3.63, 3.8) is 0 Å². The SMILES string of the molecule is Nc1ncnc2c1ncn2CC1CC(COCc2ccccc2)C1. The average molecular weight is 323 g/mol. The predicted octanol–water partition coefficient (Wildman–Crippen LogP) is 2.65. The number of imidazole rings is 1. The Morgan fingerprint density at radius 3 is 2.75 bits per heavy atom. The zero-order chi connectivity index (χ0) is 16.4. The Morgan fingerprint density at radius 1 is 1.08 bits per heavy atom. The van der Waals surface area contributed by atoms with Gasteiger partial charge in [-0.3, -0.25) is 0 Å². The van der Waals surface area contributed by atoms with Gasteiger partial charge in [0.1, 0.15) is 11.8 Å². The number of ether oxygens (including phenoxy) is 1. The molecule has 0 bridgehead atoms. The Kier molecular flexibility index (Phi) is 4.13. The molecule has 1 fully saturated rings. The molecule has 124 valence electrons. The molecule has 2 aromatic heterocycles. The summed E-state index contributed by atoms with van der Waals surface area (Å²) in [6.07, 6.45) is 5.69. The van der Waals surface area contributed by atoms with Gasteiger partial charge in [-0.1, -0.05) is 30.3 Å². The van der Waals surface area contributed by atoms with E-state index < -0.39 is 0 Å². The number of benzene rings is 1. The smallest absolute Gasteiger partial charge is 0.165 e. The minimum atomic E-state index is 0.444. The molecule has 1 saturated carbocycles. The van der Waals surface area contributed by atoms with Crippen molar-refractivity contribution in [2.24, 2.45) is 11.8 Å². The van der Waals surface area contributed by atoms with Crippen molar-refractivity contribution in [2.75, 3.05) is 12.3 Å². The Balaban J connectivity index is 1.25. The van der Waals surface area contributed by atoms with Crippen LogP contribution in [-0.4, -0.2) is 26.1 Å². The molecule has 24 heavy (non-hydrogen) atoms. The molecular formula is C18H21N5O. The molecule has 1 aliphatic rings. The minimum absolute atomic E-state index is 0.444. The van der Waals surface area contributed by atoms with E-state index in [0.717, 1.165) is 18.8 Å². The normalized spacial score (nSPS) is 20.2. The lowest BCUT2D eigenvalue weighted by molar-refractivity contribution is 0.0304. The van der Waals surface area contributed by atoms with E-state index in [2.05, 4.69) is 31.7 Å². The van der Waals surface area contributed by atoms with E-state index >= 15 is 0 Å². The predicted molar refractivity (Wildman–Crippen MR) is 92.0 cm³/mol. The van der Waals surface area contributed by atoms with Crippen molar-refractivity contribution >= 4 is 17.0 Å². The van der Waals surface area contributed by atoms with Crippen LogP contribution in [0, 0.1) is 11.8 Å². The van der Waals surface area contributed by atoms with E-state index in [1.54, 1.807) is 0 Å². The summed E-state index contributed by atoms with van der Waals surface area (Å²) in [7, 11) is 0. The van der Waals surface area contributed by atoms with Crippen LogP contribution in [0.2, 0.25) is 0 Å². The molecule has 2 N–H and O–H groups in total. The zero-order valence-corrected chi connectivity index (χ0v) is 13.5. The van der Waals surface area contributed by atoms with E-state index in [-0.39, 0.29) is 0 Å². The Morgan fingerprint density at radius 2 is 1.92 bits per heavy atom. The number of hydrogen-bond acceptors (Lipinski definition) is 5. The number of hydrogen-bond donors (Lipinski definition) is 1. The highest BCUT2D eigenvalue weighted by Gasteiger charge is 2.29. The summed E-state index contributed by atoms with van der Waals surface area (Å²) in [4.78, 5) is 12.6. The first-order chi connectivity index (χ1) is 11.8. The van der Waals surface area contributed by atoms with Crippen molar-refractivity contribution in [3.8, 4) is 0 Å². The van der Waals surface area contributed by atoms with Gasteiger partial charge in [0, 0.05) is 13.2 Å². The number of rotatable bonds is 6. The summed E-state index contributed by atoms with van der Waals surface area (Å²) >= 11 is 0. The van der Waals surface area contributed by atoms with Crippen molar-refractivity contribution in [3.05, 3.63) is 48.5 Å². The van der Waals surface area contributed by atoms with E-state index in [1.807, 2.05) is 24.5 Å². The summed E-state index contributed by atoms with van der Waals surface area (Å²) in [5, 5.41) is 0. The maximum atomic E-state index is 5.84. The number of fused-ring (bicyclic) bond motifs is 1. The Bertz CT molecular complexity index is 811. The van der Waals surface area contributed by atoms with Gasteiger partial charge in [-0.25, -0.2) is 15.0 Å². The molecule has 0 aliphatic heterocycles. The van der Waals surface area contributed by atoms with Crippen LogP contribution >= 0.6 is 0 Å². The fourth-order valence-corrected chi connectivity index (χ4v) is 3.39. The number of nitrogen functional groups attached to an aromatic ring is 1. The molecule has 4 rings (SSSR count). The first-order valence-electron chi connectivity index (χ1n) is 8.32. The Labute approximate surface area is 140 Å². The Hall–Kier alpha value is -2.47. The highest BCUT2D eigenvalue weighted by atomic mass is 16.5. The van der Waals surface area contributed by atoms with E-state index in [1.165, 1.54) is 24.7 Å². The molecular weight excluding hydrogens is 302 g/mol. The van der Waals surface area contributed by atoms with Gasteiger partial charge >= 0.3 is 0 Å². The first kappa shape index (κ1) is 15.1. The molecule has 6 heteroatoms. The molecule has 1 aromatic carbocycles. The molecule has 0 atom stereocenters. The van der Waals surface area contributed by atoms with E-state index in [0.29, 0.717) is 29.8 Å². The highest BCUT2D eigenvalue weighted by molar-refractivity contribution is 5.81. The third kappa shape index (κ3) is 3.10. The molecule has 0 unspecified atom stereocenters. The molecule has 0 radical (unpaired) electrons. The second kappa shape index (κ2) is 6.57. The van der Waals surface area contributed by atoms with Crippen LogP contribution < -0.4 is 5.73 Å². The van der Waals surface area contributed by atoms with E-state index in [9.17, 15) is 0 Å². The van der Waals surface area contributed by atoms with E-state index in [4.69, 9.17) is 10.5 Å². The topological polar surface area (TPSA) is 78.9 Å². The lowest BCUT2D eigenvalue weighted by Gasteiger charge is -2.35. The van der Waals surface area contributed by atoms with Gasteiger partial charge in [0.15, 0.2) is 11.5 Å². The van der Waals surface area contributed by atoms with Crippen LogP contribution in [0.5, 0.6) is 0 Å². The number of nitrogens with two attached hydrogens (primary N) is 1. The monoisotopic (exact) mass is 323 g/mol. The third-order valence-corrected chi connectivity index (χ3v) is 4.68. The number of anilines is 1. The molecule has 2 heterocycles. The van der Waals surface area contributed by atoms with Crippen LogP contribution in [0.3, 0.4) is 0 Å². The molecule has 1 aliphatic carbocycles.